The zero-order valence-corrected chi connectivity index (χ0v) is 6.95. The minimum Gasteiger partial charge on any atom is -0.512 e. The number of rotatable bonds is 1. The van der Waals surface area contributed by atoms with E-state index in [1.807, 2.05) is 13.0 Å². The van der Waals surface area contributed by atoms with Crippen LogP contribution in [0.5, 0.6) is 0 Å². The third-order valence-electron chi connectivity index (χ3n) is 1.90. The zero-order chi connectivity index (χ0) is 7.56. The van der Waals surface area contributed by atoms with E-state index in [4.69, 9.17) is 12.2 Å². The van der Waals surface area contributed by atoms with E-state index in [-0.39, 0.29) is 5.92 Å². The van der Waals surface area contributed by atoms with Crippen LogP contribution in [-0.2, 0) is 0 Å². The molecule has 0 saturated heterocycles. The van der Waals surface area contributed by atoms with Gasteiger partial charge in [-0.3, -0.25) is 0 Å². The van der Waals surface area contributed by atoms with E-state index < -0.39 is 0 Å². The van der Waals surface area contributed by atoms with E-state index in [0.29, 0.717) is 5.76 Å². The van der Waals surface area contributed by atoms with Crippen molar-refractivity contribution < 1.29 is 5.11 Å². The highest BCUT2D eigenvalue weighted by Crippen LogP contribution is 2.23. The van der Waals surface area contributed by atoms with Gasteiger partial charge in [-0.25, -0.2) is 0 Å². The first-order valence-electron chi connectivity index (χ1n) is 3.61. The Morgan fingerprint density at radius 2 is 2.50 bits per heavy atom. The van der Waals surface area contributed by atoms with Crippen LogP contribution in [0, 0.1) is 5.92 Å². The van der Waals surface area contributed by atoms with Gasteiger partial charge >= 0.3 is 0 Å². The van der Waals surface area contributed by atoms with Gasteiger partial charge in [-0.05, 0) is 32.3 Å². The van der Waals surface area contributed by atoms with Crippen molar-refractivity contribution in [2.75, 3.05) is 0 Å². The van der Waals surface area contributed by atoms with E-state index >= 15 is 0 Å². The van der Waals surface area contributed by atoms with Gasteiger partial charge in [0.05, 0.1) is 5.76 Å². The van der Waals surface area contributed by atoms with Crippen molar-refractivity contribution in [2.24, 2.45) is 5.92 Å². The normalized spacial score (nSPS) is 25.7. The number of thiocarbonyl (C=S) groups is 1. The van der Waals surface area contributed by atoms with Crippen LogP contribution in [0.1, 0.15) is 26.2 Å². The molecule has 0 fully saturated rings. The van der Waals surface area contributed by atoms with Gasteiger partial charge < -0.3 is 5.11 Å². The molecule has 1 aliphatic carbocycles. The van der Waals surface area contributed by atoms with Crippen LogP contribution in [0.2, 0.25) is 0 Å². The lowest BCUT2D eigenvalue weighted by atomic mass is 9.92. The highest BCUT2D eigenvalue weighted by Gasteiger charge is 2.17. The number of hydrogen-bond acceptors (Lipinski definition) is 2. The lowest BCUT2D eigenvalue weighted by molar-refractivity contribution is 0.340. The van der Waals surface area contributed by atoms with Crippen molar-refractivity contribution in [3.8, 4) is 0 Å². The zero-order valence-electron chi connectivity index (χ0n) is 6.13. The van der Waals surface area contributed by atoms with E-state index in [1.165, 1.54) is 0 Å². The van der Waals surface area contributed by atoms with Crippen LogP contribution in [-0.4, -0.2) is 9.97 Å². The largest absolute Gasteiger partial charge is 0.512 e. The molecular formula is C8H12OS. The molecule has 10 heavy (non-hydrogen) atoms. The Balaban J connectivity index is 2.67. The molecule has 1 N–H and O–H groups in total. The second kappa shape index (κ2) is 3.15. The summed E-state index contributed by atoms with van der Waals surface area (Å²) in [5, 5.41) is 9.31. The van der Waals surface area contributed by atoms with Crippen LogP contribution in [0.4, 0.5) is 0 Å². The quantitative estimate of drug-likeness (QED) is 0.589. The van der Waals surface area contributed by atoms with Crippen LogP contribution < -0.4 is 0 Å². The fraction of sp³-hybridized carbons (Fsp3) is 0.625. The number of aliphatic hydroxyl groups excluding tert-OH is 1. The third kappa shape index (κ3) is 1.57. The molecule has 0 saturated carbocycles. The van der Waals surface area contributed by atoms with E-state index in [2.05, 4.69) is 0 Å². The maximum Gasteiger partial charge on any atom is 0.0962 e. The van der Waals surface area contributed by atoms with E-state index in [1.54, 1.807) is 0 Å². The molecule has 0 aromatic heterocycles. The minimum atomic E-state index is 0.170. The van der Waals surface area contributed by atoms with Crippen molar-refractivity contribution in [1.82, 2.24) is 0 Å². The van der Waals surface area contributed by atoms with Crippen LogP contribution in [0.15, 0.2) is 11.8 Å². The summed E-state index contributed by atoms with van der Waals surface area (Å²) < 4.78 is 0. The van der Waals surface area contributed by atoms with Gasteiger partial charge in [0.15, 0.2) is 0 Å². The molecule has 0 heterocycles. The van der Waals surface area contributed by atoms with Crippen molar-refractivity contribution in [3.63, 3.8) is 0 Å². The van der Waals surface area contributed by atoms with Gasteiger partial charge in [0.25, 0.3) is 0 Å². The summed E-state index contributed by atoms with van der Waals surface area (Å²) in [6.07, 6.45) is 5.06. The summed E-state index contributed by atoms with van der Waals surface area (Å²) in [6, 6.07) is 0. The van der Waals surface area contributed by atoms with Crippen LogP contribution in [0.3, 0.4) is 0 Å². The summed E-state index contributed by atoms with van der Waals surface area (Å²) in [6.45, 7) is 1.90. The Hall–Kier alpha value is -0.370. The Bertz CT molecular complexity index is 172. The lowest BCUT2D eigenvalue weighted by Gasteiger charge is -2.18. The second-order valence-corrected chi connectivity index (χ2v) is 3.37. The fourth-order valence-corrected chi connectivity index (χ4v) is 1.51. The molecule has 1 aliphatic rings. The highest BCUT2D eigenvalue weighted by atomic mass is 32.1. The van der Waals surface area contributed by atoms with Crippen molar-refractivity contribution in [3.05, 3.63) is 11.8 Å². The van der Waals surface area contributed by atoms with Gasteiger partial charge in [0.2, 0.25) is 0 Å². The van der Waals surface area contributed by atoms with Crippen molar-refractivity contribution >= 4 is 17.1 Å². The van der Waals surface area contributed by atoms with Crippen molar-refractivity contribution in [1.29, 1.82) is 0 Å². The maximum absolute atomic E-state index is 9.31. The molecule has 0 aromatic rings. The molecule has 56 valence electrons. The smallest absolute Gasteiger partial charge is 0.0962 e. The van der Waals surface area contributed by atoms with E-state index in [9.17, 15) is 5.11 Å². The van der Waals surface area contributed by atoms with Gasteiger partial charge in [0.1, 0.15) is 0 Å². The summed E-state index contributed by atoms with van der Waals surface area (Å²) in [7, 11) is 0. The summed E-state index contributed by atoms with van der Waals surface area (Å²) in [5.41, 5.74) is 0. The molecular weight excluding hydrogens is 144 g/mol. The number of allylic oxidation sites excluding steroid dienone is 2. The Labute approximate surface area is 66.8 Å². The fourth-order valence-electron chi connectivity index (χ4n) is 1.27. The topological polar surface area (TPSA) is 20.2 Å². The first kappa shape index (κ1) is 7.73. The average Bonchev–Trinajstić information content (AvgIpc) is 1.88. The third-order valence-corrected chi connectivity index (χ3v) is 2.18. The van der Waals surface area contributed by atoms with Gasteiger partial charge in [0, 0.05) is 10.8 Å². The predicted molar refractivity (Wildman–Crippen MR) is 46.3 cm³/mol. The SMILES string of the molecule is CC(=S)C1CCCC=C1O. The molecule has 1 rings (SSSR count). The van der Waals surface area contributed by atoms with Gasteiger partial charge in [-0.2, -0.15) is 0 Å². The summed E-state index contributed by atoms with van der Waals surface area (Å²) >= 11 is 4.99. The molecule has 1 unspecified atom stereocenters. The summed E-state index contributed by atoms with van der Waals surface area (Å²) in [4.78, 5) is 0.911. The van der Waals surface area contributed by atoms with E-state index in [0.717, 1.165) is 24.1 Å². The maximum atomic E-state index is 9.31. The van der Waals surface area contributed by atoms with Gasteiger partial charge in [-0.15, -0.1) is 0 Å². The molecule has 0 spiro atoms. The average molecular weight is 156 g/mol. The molecule has 0 radical (unpaired) electrons. The molecule has 1 nitrogen and oxygen atoms in total. The second-order valence-electron chi connectivity index (χ2n) is 2.72. The summed E-state index contributed by atoms with van der Waals surface area (Å²) in [5.74, 6) is 0.655. The molecule has 0 aromatic carbocycles. The predicted octanol–water partition coefficient (Wildman–Crippen LogP) is 2.62. The Morgan fingerprint density at radius 3 is 2.90 bits per heavy atom. The Kier molecular flexibility index (Phi) is 2.44. The molecule has 0 aliphatic heterocycles. The highest BCUT2D eigenvalue weighted by molar-refractivity contribution is 7.80. The first-order valence-corrected chi connectivity index (χ1v) is 4.02. The molecule has 0 amide bonds. The molecule has 0 bridgehead atoms. The number of aliphatic hydroxyl groups is 1. The first-order chi connectivity index (χ1) is 4.72. The minimum absolute atomic E-state index is 0.170. The molecule has 1 atom stereocenters. The number of hydrogen-bond donors (Lipinski definition) is 1. The molecule has 2 heteroatoms. The van der Waals surface area contributed by atoms with Crippen LogP contribution in [0.25, 0.3) is 0 Å². The van der Waals surface area contributed by atoms with Crippen LogP contribution >= 0.6 is 12.2 Å². The van der Waals surface area contributed by atoms with Gasteiger partial charge in [-0.1, -0.05) is 12.2 Å². The lowest BCUT2D eigenvalue weighted by Crippen LogP contribution is -2.14. The monoisotopic (exact) mass is 156 g/mol. The standard InChI is InChI=1S/C8H12OS/c1-6(10)7-4-2-3-5-8(7)9/h5,7,9H,2-4H2,1H3. The van der Waals surface area contributed by atoms with Crippen molar-refractivity contribution in [2.45, 2.75) is 26.2 Å². The Morgan fingerprint density at radius 1 is 1.80 bits per heavy atom.